The van der Waals surface area contributed by atoms with Gasteiger partial charge in [0.2, 0.25) is 5.13 Å². The van der Waals surface area contributed by atoms with E-state index in [-0.39, 0.29) is 5.91 Å². The molecule has 1 aliphatic rings. The zero-order chi connectivity index (χ0) is 23.0. The molecule has 0 spiro atoms. The Balaban J connectivity index is 1.27. The van der Waals surface area contributed by atoms with E-state index in [1.807, 2.05) is 41.3 Å². The van der Waals surface area contributed by atoms with Crippen molar-refractivity contribution in [1.29, 1.82) is 0 Å². The number of anilines is 1. The number of aryl methyl sites for hydroxylation is 1. The minimum atomic E-state index is 0.118. The molecular formula is C26H31ClN4OS. The number of hydrogen-bond acceptors (Lipinski definition) is 5. The van der Waals surface area contributed by atoms with Gasteiger partial charge in [-0.15, -0.1) is 0 Å². The van der Waals surface area contributed by atoms with Crippen molar-refractivity contribution in [2.24, 2.45) is 0 Å². The summed E-state index contributed by atoms with van der Waals surface area (Å²) in [7, 11) is 0. The molecule has 0 bridgehead atoms. The van der Waals surface area contributed by atoms with Gasteiger partial charge in [0.15, 0.2) is 0 Å². The van der Waals surface area contributed by atoms with E-state index in [1.165, 1.54) is 42.8 Å². The molecule has 1 fully saturated rings. The summed E-state index contributed by atoms with van der Waals surface area (Å²) in [5.41, 5.74) is 3.24. The van der Waals surface area contributed by atoms with Crippen molar-refractivity contribution in [1.82, 2.24) is 14.3 Å². The molecule has 1 aliphatic heterocycles. The molecule has 0 atom stereocenters. The van der Waals surface area contributed by atoms with Crippen LogP contribution in [0.2, 0.25) is 5.02 Å². The number of nitrogens with zero attached hydrogens (tertiary/aromatic N) is 4. The van der Waals surface area contributed by atoms with Crippen LogP contribution in [0.15, 0.2) is 48.5 Å². The first-order valence-corrected chi connectivity index (χ1v) is 13.0. The number of carbonyl (C=O) groups excluding carboxylic acids is 1. The largest absolute Gasteiger partial charge is 0.343 e. The Kier molecular flexibility index (Phi) is 8.35. The van der Waals surface area contributed by atoms with Crippen molar-refractivity contribution in [2.75, 3.05) is 31.1 Å². The number of halogens is 1. The first-order chi connectivity index (χ1) is 16.1. The van der Waals surface area contributed by atoms with Crippen molar-refractivity contribution in [3.8, 4) is 0 Å². The quantitative estimate of drug-likeness (QED) is 0.358. The summed E-state index contributed by atoms with van der Waals surface area (Å²) in [5.74, 6) is 0.943. The summed E-state index contributed by atoms with van der Waals surface area (Å²) in [5, 5.41) is 1.66. The summed E-state index contributed by atoms with van der Waals surface area (Å²) >= 11 is 7.40. The number of piperazine rings is 1. The van der Waals surface area contributed by atoms with Crippen LogP contribution in [0, 0.1) is 0 Å². The van der Waals surface area contributed by atoms with E-state index in [1.54, 1.807) is 0 Å². The summed E-state index contributed by atoms with van der Waals surface area (Å²) < 4.78 is 4.53. The molecule has 3 aromatic rings. The average Bonchev–Trinajstić information content (AvgIpc) is 3.32. The Morgan fingerprint density at radius 2 is 1.64 bits per heavy atom. The number of rotatable bonds is 9. The summed E-state index contributed by atoms with van der Waals surface area (Å²) in [6, 6.07) is 16.0. The van der Waals surface area contributed by atoms with E-state index in [9.17, 15) is 4.79 Å². The van der Waals surface area contributed by atoms with Crippen molar-refractivity contribution >= 4 is 34.2 Å². The molecule has 1 amide bonds. The SMILES string of the molecule is CCCCCCc1ccc(C(=O)N2CCN(c3nc(Cc4ccc(Cl)cc4)ns3)CC2)cc1. The predicted molar refractivity (Wildman–Crippen MR) is 137 cm³/mol. The van der Waals surface area contributed by atoms with Crippen LogP contribution < -0.4 is 4.90 Å². The molecular weight excluding hydrogens is 452 g/mol. The molecule has 5 nitrogen and oxygen atoms in total. The maximum atomic E-state index is 13.0. The number of amides is 1. The Hall–Kier alpha value is -2.44. The van der Waals surface area contributed by atoms with Crippen molar-refractivity contribution < 1.29 is 4.79 Å². The van der Waals surface area contributed by atoms with Gasteiger partial charge in [0.05, 0.1) is 0 Å². The summed E-state index contributed by atoms with van der Waals surface area (Å²) in [6.45, 7) is 5.18. The minimum absolute atomic E-state index is 0.118. The van der Waals surface area contributed by atoms with Crippen molar-refractivity contribution in [3.63, 3.8) is 0 Å². The molecule has 0 radical (unpaired) electrons. The van der Waals surface area contributed by atoms with Crippen molar-refractivity contribution in [2.45, 2.75) is 45.4 Å². The zero-order valence-electron chi connectivity index (χ0n) is 19.2. The van der Waals surface area contributed by atoms with Gasteiger partial charge < -0.3 is 9.80 Å². The van der Waals surface area contributed by atoms with Crippen LogP contribution in [0.3, 0.4) is 0 Å². The second-order valence-electron chi connectivity index (χ2n) is 8.58. The highest BCUT2D eigenvalue weighted by atomic mass is 35.5. The number of benzene rings is 2. The lowest BCUT2D eigenvalue weighted by Gasteiger charge is -2.34. The fourth-order valence-corrected chi connectivity index (χ4v) is 4.95. The molecule has 1 aromatic heterocycles. The van der Waals surface area contributed by atoms with Gasteiger partial charge in [-0.2, -0.15) is 4.37 Å². The predicted octanol–water partition coefficient (Wildman–Crippen LogP) is 5.87. The number of unbranched alkanes of at least 4 members (excludes halogenated alkanes) is 3. The first kappa shape index (κ1) is 23.7. The lowest BCUT2D eigenvalue weighted by Crippen LogP contribution is -2.48. The highest BCUT2D eigenvalue weighted by Crippen LogP contribution is 2.22. The molecule has 0 aliphatic carbocycles. The van der Waals surface area contributed by atoms with E-state index in [0.717, 1.165) is 46.6 Å². The lowest BCUT2D eigenvalue weighted by molar-refractivity contribution is 0.0746. The van der Waals surface area contributed by atoms with E-state index < -0.39 is 0 Å². The first-order valence-electron chi connectivity index (χ1n) is 11.8. The summed E-state index contributed by atoms with van der Waals surface area (Å²) in [6.07, 6.45) is 6.83. The van der Waals surface area contributed by atoms with Crippen LogP contribution in [0.4, 0.5) is 5.13 Å². The number of aromatic nitrogens is 2. The second kappa shape index (κ2) is 11.6. The molecule has 33 heavy (non-hydrogen) atoms. The van der Waals surface area contributed by atoms with Crippen LogP contribution in [0.5, 0.6) is 0 Å². The van der Waals surface area contributed by atoms with Crippen LogP contribution in [-0.4, -0.2) is 46.3 Å². The van der Waals surface area contributed by atoms with Crippen LogP contribution in [-0.2, 0) is 12.8 Å². The minimum Gasteiger partial charge on any atom is -0.343 e. The summed E-state index contributed by atoms with van der Waals surface area (Å²) in [4.78, 5) is 21.9. The third-order valence-corrected chi connectivity index (χ3v) is 7.16. The Morgan fingerprint density at radius 1 is 0.939 bits per heavy atom. The topological polar surface area (TPSA) is 49.3 Å². The van der Waals surface area contributed by atoms with Gasteiger partial charge in [0.25, 0.3) is 5.91 Å². The normalized spacial score (nSPS) is 14.0. The standard InChI is InChI=1S/C26H31ClN4OS/c1-2-3-4-5-6-20-7-11-22(12-8-20)25(32)30-15-17-31(18-16-30)26-28-24(29-33-26)19-21-9-13-23(27)14-10-21/h7-14H,2-6,15-19H2,1H3. The van der Waals surface area contributed by atoms with Crippen molar-refractivity contribution in [3.05, 3.63) is 76.1 Å². The maximum absolute atomic E-state index is 13.0. The van der Waals surface area contributed by atoms with Gasteiger partial charge in [-0.05, 0) is 48.2 Å². The Morgan fingerprint density at radius 3 is 2.33 bits per heavy atom. The van der Waals surface area contributed by atoms with E-state index in [4.69, 9.17) is 16.6 Å². The van der Waals surface area contributed by atoms with E-state index in [2.05, 4.69) is 28.3 Å². The Labute approximate surface area is 205 Å². The van der Waals surface area contributed by atoms with Gasteiger partial charge in [-0.3, -0.25) is 4.79 Å². The van der Waals surface area contributed by atoms with Gasteiger partial charge >= 0.3 is 0 Å². The molecule has 0 saturated carbocycles. The third kappa shape index (κ3) is 6.55. The third-order valence-electron chi connectivity index (χ3n) is 6.09. The molecule has 0 N–H and O–H groups in total. The average molecular weight is 483 g/mol. The van der Waals surface area contributed by atoms with Crippen LogP contribution >= 0.6 is 23.1 Å². The molecule has 2 heterocycles. The number of hydrogen-bond donors (Lipinski definition) is 0. The van der Waals surface area contributed by atoms with Gasteiger partial charge in [-0.1, -0.05) is 62.1 Å². The van der Waals surface area contributed by atoms with Gasteiger partial charge in [0, 0.05) is 54.7 Å². The van der Waals surface area contributed by atoms with Crippen LogP contribution in [0.1, 0.15) is 59.9 Å². The molecule has 174 valence electrons. The molecule has 2 aromatic carbocycles. The zero-order valence-corrected chi connectivity index (χ0v) is 20.7. The van der Waals surface area contributed by atoms with Gasteiger partial charge in [0.1, 0.15) is 5.82 Å². The molecule has 0 unspecified atom stereocenters. The molecule has 7 heteroatoms. The second-order valence-corrected chi connectivity index (χ2v) is 9.75. The fourth-order valence-electron chi connectivity index (χ4n) is 4.08. The van der Waals surface area contributed by atoms with E-state index >= 15 is 0 Å². The molecule has 4 rings (SSSR count). The highest BCUT2D eigenvalue weighted by molar-refractivity contribution is 7.09. The van der Waals surface area contributed by atoms with E-state index in [0.29, 0.717) is 19.5 Å². The smallest absolute Gasteiger partial charge is 0.253 e. The monoisotopic (exact) mass is 482 g/mol. The Bertz CT molecular complexity index is 1030. The number of carbonyl (C=O) groups is 1. The fraction of sp³-hybridized carbons (Fsp3) is 0.423. The maximum Gasteiger partial charge on any atom is 0.253 e. The highest BCUT2D eigenvalue weighted by Gasteiger charge is 2.24. The molecule has 1 saturated heterocycles. The van der Waals surface area contributed by atoms with Gasteiger partial charge in [-0.25, -0.2) is 4.98 Å². The van der Waals surface area contributed by atoms with Crippen LogP contribution in [0.25, 0.3) is 0 Å². The lowest BCUT2D eigenvalue weighted by atomic mass is 10.0.